The molecule has 2 aromatic rings. The number of ether oxygens (including phenoxy) is 1. The molecule has 1 heterocycles. The van der Waals surface area contributed by atoms with Gasteiger partial charge in [-0.2, -0.15) is 0 Å². The molecule has 0 unspecified atom stereocenters. The molecule has 0 aliphatic heterocycles. The maximum absolute atomic E-state index is 13.1. The molecule has 0 spiro atoms. The van der Waals surface area contributed by atoms with Crippen molar-refractivity contribution < 1.29 is 13.9 Å². The summed E-state index contributed by atoms with van der Waals surface area (Å²) in [5, 5.41) is 3.52. The SMILES string of the molecule is C=C(C)COCCNC(=O)c1cc2cc(F)ccc2s1. The number of amides is 1. The van der Waals surface area contributed by atoms with Gasteiger partial charge in [-0.15, -0.1) is 11.3 Å². The summed E-state index contributed by atoms with van der Waals surface area (Å²) in [4.78, 5) is 12.5. The fourth-order valence-corrected chi connectivity index (χ4v) is 2.66. The van der Waals surface area contributed by atoms with Crippen molar-refractivity contribution >= 4 is 27.3 Å². The summed E-state index contributed by atoms with van der Waals surface area (Å²) in [5.74, 6) is -0.457. The smallest absolute Gasteiger partial charge is 0.261 e. The zero-order valence-corrected chi connectivity index (χ0v) is 12.1. The zero-order chi connectivity index (χ0) is 14.5. The number of carbonyl (C=O) groups excluding carboxylic acids is 1. The minimum Gasteiger partial charge on any atom is -0.375 e. The van der Waals surface area contributed by atoms with Crippen LogP contribution < -0.4 is 5.32 Å². The fourth-order valence-electron chi connectivity index (χ4n) is 1.70. The molecule has 0 bridgehead atoms. The Morgan fingerprint density at radius 1 is 1.45 bits per heavy atom. The van der Waals surface area contributed by atoms with E-state index in [1.54, 1.807) is 12.1 Å². The first kappa shape index (κ1) is 14.7. The number of thiophene rings is 1. The van der Waals surface area contributed by atoms with Crippen molar-refractivity contribution in [3.8, 4) is 0 Å². The number of hydrogen-bond acceptors (Lipinski definition) is 3. The van der Waals surface area contributed by atoms with Crippen LogP contribution in [0.15, 0.2) is 36.4 Å². The van der Waals surface area contributed by atoms with Crippen LogP contribution in [0.5, 0.6) is 0 Å². The predicted octanol–water partition coefficient (Wildman–Crippen LogP) is 3.36. The lowest BCUT2D eigenvalue weighted by atomic mass is 10.2. The van der Waals surface area contributed by atoms with Gasteiger partial charge in [0, 0.05) is 11.2 Å². The minimum atomic E-state index is -0.296. The number of hydrogen-bond donors (Lipinski definition) is 1. The van der Waals surface area contributed by atoms with Gasteiger partial charge in [0.05, 0.1) is 18.1 Å². The van der Waals surface area contributed by atoms with Gasteiger partial charge in [0.2, 0.25) is 0 Å². The zero-order valence-electron chi connectivity index (χ0n) is 11.2. The van der Waals surface area contributed by atoms with E-state index in [1.807, 2.05) is 6.92 Å². The van der Waals surface area contributed by atoms with Crippen molar-refractivity contribution in [3.63, 3.8) is 0 Å². The standard InChI is InChI=1S/C15H16FNO2S/c1-10(2)9-19-6-5-17-15(18)14-8-11-7-12(16)3-4-13(11)20-14/h3-4,7-8H,1,5-6,9H2,2H3,(H,17,18). The summed E-state index contributed by atoms with van der Waals surface area (Å²) < 4.78 is 19.3. The Morgan fingerprint density at radius 3 is 3.00 bits per heavy atom. The summed E-state index contributed by atoms with van der Waals surface area (Å²) >= 11 is 1.35. The maximum Gasteiger partial charge on any atom is 0.261 e. The molecule has 0 fully saturated rings. The average molecular weight is 293 g/mol. The van der Waals surface area contributed by atoms with Gasteiger partial charge >= 0.3 is 0 Å². The lowest BCUT2D eigenvalue weighted by Crippen LogP contribution is -2.26. The molecule has 5 heteroatoms. The molecule has 1 N–H and O–H groups in total. The highest BCUT2D eigenvalue weighted by Gasteiger charge is 2.10. The Balaban J connectivity index is 1.89. The van der Waals surface area contributed by atoms with Crippen LogP contribution in [-0.4, -0.2) is 25.7 Å². The Bertz CT molecular complexity index is 636. The molecule has 0 saturated heterocycles. The number of halogens is 1. The monoisotopic (exact) mass is 293 g/mol. The first-order valence-corrected chi connectivity index (χ1v) is 7.07. The van der Waals surface area contributed by atoms with Crippen LogP contribution in [0.4, 0.5) is 4.39 Å². The third-order valence-electron chi connectivity index (χ3n) is 2.58. The Morgan fingerprint density at radius 2 is 2.25 bits per heavy atom. The van der Waals surface area contributed by atoms with E-state index in [1.165, 1.54) is 23.5 Å². The third kappa shape index (κ3) is 3.88. The first-order valence-electron chi connectivity index (χ1n) is 6.25. The molecule has 106 valence electrons. The van der Waals surface area contributed by atoms with Crippen LogP contribution in [-0.2, 0) is 4.74 Å². The van der Waals surface area contributed by atoms with Gasteiger partial charge in [0.1, 0.15) is 5.82 Å². The highest BCUT2D eigenvalue weighted by Crippen LogP contribution is 2.26. The van der Waals surface area contributed by atoms with Crippen molar-refractivity contribution in [2.45, 2.75) is 6.92 Å². The average Bonchev–Trinajstić information content (AvgIpc) is 2.80. The van der Waals surface area contributed by atoms with Crippen molar-refractivity contribution in [2.24, 2.45) is 0 Å². The number of nitrogens with one attached hydrogen (secondary N) is 1. The molecule has 0 aliphatic rings. The molecule has 0 atom stereocenters. The van der Waals surface area contributed by atoms with Gasteiger partial charge in [0.15, 0.2) is 0 Å². The number of fused-ring (bicyclic) bond motifs is 1. The second-order valence-corrected chi connectivity index (χ2v) is 5.64. The minimum absolute atomic E-state index is 0.162. The summed E-state index contributed by atoms with van der Waals surface area (Å²) in [6.45, 7) is 6.99. The second kappa shape index (κ2) is 6.63. The molecule has 1 aromatic carbocycles. The molecule has 2 rings (SSSR count). The van der Waals surface area contributed by atoms with E-state index in [2.05, 4.69) is 11.9 Å². The summed E-state index contributed by atoms with van der Waals surface area (Å²) in [7, 11) is 0. The molecule has 1 aromatic heterocycles. The van der Waals surface area contributed by atoms with Crippen LogP contribution in [0.2, 0.25) is 0 Å². The Labute approximate surface area is 121 Å². The van der Waals surface area contributed by atoms with E-state index in [4.69, 9.17) is 4.74 Å². The topological polar surface area (TPSA) is 38.3 Å². The van der Waals surface area contributed by atoms with Crippen LogP contribution >= 0.6 is 11.3 Å². The van der Waals surface area contributed by atoms with Crippen molar-refractivity contribution in [1.82, 2.24) is 5.32 Å². The quantitative estimate of drug-likeness (QED) is 0.655. The Hall–Kier alpha value is -1.72. The molecule has 0 saturated carbocycles. The summed E-state index contributed by atoms with van der Waals surface area (Å²) in [6, 6.07) is 6.21. The van der Waals surface area contributed by atoms with Gasteiger partial charge in [-0.05, 0) is 36.6 Å². The van der Waals surface area contributed by atoms with Gasteiger partial charge < -0.3 is 10.1 Å². The molecule has 3 nitrogen and oxygen atoms in total. The summed E-state index contributed by atoms with van der Waals surface area (Å²) in [6.07, 6.45) is 0. The van der Waals surface area contributed by atoms with Gasteiger partial charge in [-0.3, -0.25) is 4.79 Å². The van der Waals surface area contributed by atoms with Crippen LogP contribution in [0.25, 0.3) is 10.1 Å². The van der Waals surface area contributed by atoms with Gasteiger partial charge in [0.25, 0.3) is 5.91 Å². The van der Waals surface area contributed by atoms with Crippen LogP contribution in [0.3, 0.4) is 0 Å². The van der Waals surface area contributed by atoms with Gasteiger partial charge in [-0.25, -0.2) is 4.39 Å². The molecular weight excluding hydrogens is 277 g/mol. The molecule has 0 radical (unpaired) electrons. The molecule has 20 heavy (non-hydrogen) atoms. The summed E-state index contributed by atoms with van der Waals surface area (Å²) in [5.41, 5.74) is 0.947. The number of carbonyl (C=O) groups is 1. The van der Waals surface area contributed by atoms with Crippen molar-refractivity contribution in [3.05, 3.63) is 47.1 Å². The van der Waals surface area contributed by atoms with E-state index in [0.29, 0.717) is 24.6 Å². The second-order valence-electron chi connectivity index (χ2n) is 4.56. The largest absolute Gasteiger partial charge is 0.375 e. The van der Waals surface area contributed by atoms with E-state index < -0.39 is 0 Å². The normalized spacial score (nSPS) is 10.7. The van der Waals surface area contributed by atoms with E-state index >= 15 is 0 Å². The van der Waals surface area contributed by atoms with Crippen molar-refractivity contribution in [2.75, 3.05) is 19.8 Å². The first-order chi connectivity index (χ1) is 9.56. The predicted molar refractivity (Wildman–Crippen MR) is 79.7 cm³/mol. The van der Waals surface area contributed by atoms with Crippen LogP contribution in [0, 0.1) is 5.82 Å². The lowest BCUT2D eigenvalue weighted by Gasteiger charge is -2.04. The van der Waals surface area contributed by atoms with E-state index in [-0.39, 0.29) is 11.7 Å². The number of benzene rings is 1. The lowest BCUT2D eigenvalue weighted by molar-refractivity contribution is 0.0931. The number of rotatable bonds is 6. The molecule has 0 aliphatic carbocycles. The van der Waals surface area contributed by atoms with Crippen LogP contribution in [0.1, 0.15) is 16.6 Å². The van der Waals surface area contributed by atoms with Gasteiger partial charge in [-0.1, -0.05) is 12.2 Å². The maximum atomic E-state index is 13.1. The fraction of sp³-hybridized carbons (Fsp3) is 0.267. The molecular formula is C15H16FNO2S. The van der Waals surface area contributed by atoms with E-state index in [9.17, 15) is 9.18 Å². The molecule has 1 amide bonds. The highest BCUT2D eigenvalue weighted by atomic mass is 32.1. The van der Waals surface area contributed by atoms with E-state index in [0.717, 1.165) is 15.7 Å². The third-order valence-corrected chi connectivity index (χ3v) is 3.70. The highest BCUT2D eigenvalue weighted by molar-refractivity contribution is 7.20. The Kier molecular flexibility index (Phi) is 4.87. The van der Waals surface area contributed by atoms with Crippen molar-refractivity contribution in [1.29, 1.82) is 0 Å².